The average Bonchev–Trinajstić information content (AvgIpc) is 2.80. The van der Waals surface area contributed by atoms with E-state index in [-0.39, 0.29) is 12.5 Å². The van der Waals surface area contributed by atoms with Gasteiger partial charge in [-0.25, -0.2) is 4.98 Å². The van der Waals surface area contributed by atoms with Gasteiger partial charge in [0.1, 0.15) is 5.75 Å². The van der Waals surface area contributed by atoms with Gasteiger partial charge in [-0.3, -0.25) is 4.79 Å². The van der Waals surface area contributed by atoms with Crippen LogP contribution in [-0.2, 0) is 4.79 Å². The van der Waals surface area contributed by atoms with Gasteiger partial charge in [0.05, 0.1) is 22.2 Å². The number of nitrogens with zero attached hydrogens (tertiary/aromatic N) is 1. The van der Waals surface area contributed by atoms with E-state index in [0.717, 1.165) is 16.0 Å². The number of benzene rings is 1. The van der Waals surface area contributed by atoms with Crippen molar-refractivity contribution in [3.05, 3.63) is 18.2 Å². The van der Waals surface area contributed by atoms with Crippen molar-refractivity contribution < 1.29 is 9.53 Å². The highest BCUT2D eigenvalue weighted by Crippen LogP contribution is 2.30. The maximum absolute atomic E-state index is 12.1. The Kier molecular flexibility index (Phi) is 4.25. The highest BCUT2D eigenvalue weighted by Gasteiger charge is 2.26. The van der Waals surface area contributed by atoms with Gasteiger partial charge < -0.3 is 15.8 Å². The number of thiazole rings is 1. The molecule has 0 aliphatic rings. The Balaban J connectivity index is 2.22. The van der Waals surface area contributed by atoms with Crippen LogP contribution < -0.4 is 15.8 Å². The van der Waals surface area contributed by atoms with Gasteiger partial charge in [0.2, 0.25) is 5.91 Å². The molecule has 0 bridgehead atoms. The number of hydrogen-bond acceptors (Lipinski definition) is 5. The van der Waals surface area contributed by atoms with Crippen molar-refractivity contribution in [3.8, 4) is 5.75 Å². The lowest BCUT2D eigenvalue weighted by molar-refractivity contribution is -0.123. The second-order valence-electron chi connectivity index (χ2n) is 5.12. The van der Waals surface area contributed by atoms with Crippen LogP contribution in [0.25, 0.3) is 10.2 Å². The monoisotopic (exact) mass is 293 g/mol. The van der Waals surface area contributed by atoms with E-state index in [0.29, 0.717) is 11.7 Å². The van der Waals surface area contributed by atoms with Gasteiger partial charge in [0.25, 0.3) is 0 Å². The Morgan fingerprint density at radius 3 is 2.90 bits per heavy atom. The van der Waals surface area contributed by atoms with Crippen LogP contribution in [-0.4, -0.2) is 24.0 Å². The van der Waals surface area contributed by atoms with Gasteiger partial charge in [-0.15, -0.1) is 0 Å². The molecular formula is C14H19N3O2S. The molecule has 1 aromatic carbocycles. The van der Waals surface area contributed by atoms with Crippen molar-refractivity contribution in [1.82, 2.24) is 4.98 Å². The van der Waals surface area contributed by atoms with E-state index in [9.17, 15) is 4.79 Å². The van der Waals surface area contributed by atoms with E-state index >= 15 is 0 Å². The topological polar surface area (TPSA) is 77.2 Å². The summed E-state index contributed by atoms with van der Waals surface area (Å²) in [5.74, 6) is 0.688. The van der Waals surface area contributed by atoms with Crippen molar-refractivity contribution >= 4 is 32.6 Å². The molecule has 1 heterocycles. The molecule has 1 amide bonds. The molecule has 5 nitrogen and oxygen atoms in total. The fourth-order valence-corrected chi connectivity index (χ4v) is 2.46. The van der Waals surface area contributed by atoms with E-state index < -0.39 is 5.41 Å². The molecule has 6 heteroatoms. The number of amides is 1. The zero-order chi connectivity index (χ0) is 14.8. The van der Waals surface area contributed by atoms with E-state index in [2.05, 4.69) is 10.3 Å². The molecular weight excluding hydrogens is 274 g/mol. The first-order valence-electron chi connectivity index (χ1n) is 6.51. The number of aromatic nitrogens is 1. The molecule has 0 fully saturated rings. The smallest absolute Gasteiger partial charge is 0.233 e. The Bertz CT molecular complexity index is 622. The van der Waals surface area contributed by atoms with Crippen LogP contribution in [0.5, 0.6) is 5.75 Å². The van der Waals surface area contributed by atoms with E-state index in [1.54, 1.807) is 0 Å². The van der Waals surface area contributed by atoms with Crippen LogP contribution in [0.1, 0.15) is 20.8 Å². The maximum atomic E-state index is 12.1. The highest BCUT2D eigenvalue weighted by atomic mass is 32.1. The van der Waals surface area contributed by atoms with Gasteiger partial charge in [-0.1, -0.05) is 11.3 Å². The molecule has 0 spiro atoms. The minimum atomic E-state index is -0.603. The van der Waals surface area contributed by atoms with Crippen LogP contribution in [0.4, 0.5) is 5.13 Å². The quantitative estimate of drug-likeness (QED) is 0.888. The largest absolute Gasteiger partial charge is 0.494 e. The standard InChI is InChI=1S/C14H19N3O2S/c1-4-19-9-5-6-10-11(7-9)20-13(16-10)17-12(18)14(2,3)8-15/h5-7H,4,8,15H2,1-3H3,(H,16,17,18). The highest BCUT2D eigenvalue weighted by molar-refractivity contribution is 7.22. The maximum Gasteiger partial charge on any atom is 0.233 e. The molecule has 0 radical (unpaired) electrons. The molecule has 0 saturated carbocycles. The average molecular weight is 293 g/mol. The number of carbonyl (C=O) groups excluding carboxylic acids is 1. The number of anilines is 1. The summed E-state index contributed by atoms with van der Waals surface area (Å²) in [4.78, 5) is 16.5. The molecule has 20 heavy (non-hydrogen) atoms. The fourth-order valence-electron chi connectivity index (χ4n) is 1.57. The van der Waals surface area contributed by atoms with Crippen LogP contribution in [0.15, 0.2) is 18.2 Å². The SMILES string of the molecule is CCOc1ccc2nc(NC(=O)C(C)(C)CN)sc2c1. The third kappa shape index (κ3) is 3.08. The van der Waals surface area contributed by atoms with Gasteiger partial charge in [0, 0.05) is 6.54 Å². The summed E-state index contributed by atoms with van der Waals surface area (Å²) in [5, 5.41) is 3.41. The molecule has 1 aromatic heterocycles. The van der Waals surface area contributed by atoms with E-state index in [1.807, 2.05) is 39.0 Å². The van der Waals surface area contributed by atoms with Gasteiger partial charge in [-0.2, -0.15) is 0 Å². The first-order valence-corrected chi connectivity index (χ1v) is 7.33. The normalized spacial score (nSPS) is 11.6. The first kappa shape index (κ1) is 14.7. The third-order valence-electron chi connectivity index (χ3n) is 3.02. The molecule has 0 aliphatic carbocycles. The lowest BCUT2D eigenvalue weighted by Crippen LogP contribution is -2.37. The number of nitrogens with one attached hydrogen (secondary N) is 1. The molecule has 3 N–H and O–H groups in total. The van der Waals surface area contributed by atoms with Crippen molar-refractivity contribution in [2.24, 2.45) is 11.1 Å². The van der Waals surface area contributed by atoms with Crippen molar-refractivity contribution in [2.45, 2.75) is 20.8 Å². The molecule has 2 aromatic rings. The lowest BCUT2D eigenvalue weighted by Gasteiger charge is -2.19. The Morgan fingerprint density at radius 2 is 2.25 bits per heavy atom. The number of fused-ring (bicyclic) bond motifs is 1. The summed E-state index contributed by atoms with van der Waals surface area (Å²) in [6, 6.07) is 5.70. The Hall–Kier alpha value is -1.66. The van der Waals surface area contributed by atoms with Crippen LogP contribution in [0.3, 0.4) is 0 Å². The molecule has 0 atom stereocenters. The van der Waals surface area contributed by atoms with Crippen LogP contribution >= 0.6 is 11.3 Å². The van der Waals surface area contributed by atoms with Gasteiger partial charge in [-0.05, 0) is 39.0 Å². The molecule has 0 unspecified atom stereocenters. The number of hydrogen-bond donors (Lipinski definition) is 2. The van der Waals surface area contributed by atoms with Crippen LogP contribution in [0, 0.1) is 5.41 Å². The van der Waals surface area contributed by atoms with E-state index in [1.165, 1.54) is 11.3 Å². The fraction of sp³-hybridized carbons (Fsp3) is 0.429. The minimum absolute atomic E-state index is 0.121. The number of nitrogens with two attached hydrogens (primary N) is 1. The van der Waals surface area contributed by atoms with Gasteiger partial charge >= 0.3 is 0 Å². The summed E-state index contributed by atoms with van der Waals surface area (Å²) < 4.78 is 6.43. The molecule has 0 aliphatic heterocycles. The molecule has 2 rings (SSSR count). The summed E-state index contributed by atoms with van der Waals surface area (Å²) in [7, 11) is 0. The summed E-state index contributed by atoms with van der Waals surface area (Å²) >= 11 is 1.43. The molecule has 0 saturated heterocycles. The zero-order valence-electron chi connectivity index (χ0n) is 11.9. The van der Waals surface area contributed by atoms with Crippen molar-refractivity contribution in [1.29, 1.82) is 0 Å². The number of rotatable bonds is 5. The number of ether oxygens (including phenoxy) is 1. The summed E-state index contributed by atoms with van der Waals surface area (Å²) in [6.45, 7) is 6.47. The van der Waals surface area contributed by atoms with Crippen molar-refractivity contribution in [2.75, 3.05) is 18.5 Å². The Labute approximate surface area is 122 Å². The van der Waals surface area contributed by atoms with Crippen molar-refractivity contribution in [3.63, 3.8) is 0 Å². The second kappa shape index (κ2) is 5.76. The predicted octanol–water partition coefficient (Wildman–Crippen LogP) is 2.62. The lowest BCUT2D eigenvalue weighted by atomic mass is 9.93. The van der Waals surface area contributed by atoms with E-state index in [4.69, 9.17) is 10.5 Å². The second-order valence-corrected chi connectivity index (χ2v) is 6.15. The number of carbonyl (C=O) groups is 1. The van der Waals surface area contributed by atoms with Gasteiger partial charge in [0.15, 0.2) is 5.13 Å². The predicted molar refractivity (Wildman–Crippen MR) is 82.3 cm³/mol. The first-order chi connectivity index (χ1) is 9.46. The summed E-state index contributed by atoms with van der Waals surface area (Å²) in [5.41, 5.74) is 5.84. The third-order valence-corrected chi connectivity index (χ3v) is 3.95. The zero-order valence-corrected chi connectivity index (χ0v) is 12.7. The molecule has 108 valence electrons. The van der Waals surface area contributed by atoms with Crippen LogP contribution in [0.2, 0.25) is 0 Å². The minimum Gasteiger partial charge on any atom is -0.494 e. The summed E-state index contributed by atoms with van der Waals surface area (Å²) in [6.07, 6.45) is 0. The Morgan fingerprint density at radius 1 is 1.50 bits per heavy atom.